The Bertz CT molecular complexity index is 750. The number of aliphatic hydroxyl groups is 1. The summed E-state index contributed by atoms with van der Waals surface area (Å²) in [7, 11) is 1.76. The molecule has 0 fully saturated rings. The SMILES string of the molecule is CN(C=O)C1CCC(O)(c2ccc(Cl)c(Cl)c2)c2ccccc21. The number of rotatable bonds is 3. The predicted octanol–water partition coefficient (Wildman–Crippen LogP) is 4.15. The Kier molecular flexibility index (Phi) is 4.37. The molecule has 1 aliphatic rings. The molecular formula is C18H17Cl2NO2. The van der Waals surface area contributed by atoms with E-state index in [4.69, 9.17) is 23.2 Å². The first kappa shape index (κ1) is 16.3. The third-order valence-electron chi connectivity index (χ3n) is 4.60. The van der Waals surface area contributed by atoms with E-state index in [0.717, 1.165) is 17.5 Å². The molecule has 120 valence electrons. The van der Waals surface area contributed by atoms with E-state index in [0.29, 0.717) is 28.5 Å². The van der Waals surface area contributed by atoms with E-state index in [-0.39, 0.29) is 6.04 Å². The molecule has 3 rings (SSSR count). The molecule has 0 saturated carbocycles. The molecule has 2 unspecified atom stereocenters. The third-order valence-corrected chi connectivity index (χ3v) is 5.34. The second kappa shape index (κ2) is 6.16. The Morgan fingerprint density at radius 1 is 1.22 bits per heavy atom. The molecule has 0 aliphatic heterocycles. The maximum absolute atomic E-state index is 11.4. The number of nitrogens with zero attached hydrogens (tertiary/aromatic N) is 1. The summed E-state index contributed by atoms with van der Waals surface area (Å²) in [5, 5.41) is 12.3. The largest absolute Gasteiger partial charge is 0.380 e. The van der Waals surface area contributed by atoms with Crippen molar-refractivity contribution in [2.24, 2.45) is 0 Å². The molecule has 2 atom stereocenters. The summed E-state index contributed by atoms with van der Waals surface area (Å²) in [6.07, 6.45) is 2.00. The molecule has 1 amide bonds. The number of benzene rings is 2. The fourth-order valence-electron chi connectivity index (χ4n) is 3.35. The van der Waals surface area contributed by atoms with Gasteiger partial charge in [0.15, 0.2) is 0 Å². The molecule has 3 nitrogen and oxygen atoms in total. The summed E-state index contributed by atoms with van der Waals surface area (Å²) in [5.74, 6) is 0. The lowest BCUT2D eigenvalue weighted by molar-refractivity contribution is -0.119. The number of hydrogen-bond donors (Lipinski definition) is 1. The van der Waals surface area contributed by atoms with Gasteiger partial charge in [0.2, 0.25) is 6.41 Å². The lowest BCUT2D eigenvalue weighted by atomic mass is 9.73. The number of hydrogen-bond acceptors (Lipinski definition) is 2. The van der Waals surface area contributed by atoms with Gasteiger partial charge in [-0.1, -0.05) is 53.5 Å². The van der Waals surface area contributed by atoms with Gasteiger partial charge in [-0.15, -0.1) is 0 Å². The number of carbonyl (C=O) groups is 1. The summed E-state index contributed by atoms with van der Waals surface area (Å²) in [6, 6.07) is 12.9. The minimum atomic E-state index is -1.13. The van der Waals surface area contributed by atoms with Crippen molar-refractivity contribution in [3.63, 3.8) is 0 Å². The van der Waals surface area contributed by atoms with Crippen molar-refractivity contribution in [3.8, 4) is 0 Å². The third kappa shape index (κ3) is 2.74. The number of amides is 1. The number of halogens is 2. The van der Waals surface area contributed by atoms with E-state index >= 15 is 0 Å². The standard InChI is InChI=1S/C18H17Cl2NO2/c1-21(11-22)17-8-9-18(23,14-5-3-2-4-13(14)17)12-6-7-15(19)16(20)10-12/h2-7,10-11,17,23H,8-9H2,1H3. The zero-order valence-corrected chi connectivity index (χ0v) is 14.2. The fraction of sp³-hybridized carbons (Fsp3) is 0.278. The van der Waals surface area contributed by atoms with Gasteiger partial charge in [0.05, 0.1) is 16.1 Å². The molecule has 5 heteroatoms. The molecule has 0 saturated heterocycles. The second-order valence-corrected chi connectivity index (χ2v) is 6.72. The molecule has 0 aromatic heterocycles. The molecule has 1 N–H and O–H groups in total. The van der Waals surface area contributed by atoms with Crippen LogP contribution in [-0.4, -0.2) is 23.5 Å². The van der Waals surface area contributed by atoms with Gasteiger partial charge < -0.3 is 10.0 Å². The highest BCUT2D eigenvalue weighted by atomic mass is 35.5. The van der Waals surface area contributed by atoms with Crippen molar-refractivity contribution < 1.29 is 9.90 Å². The van der Waals surface area contributed by atoms with Gasteiger partial charge in [0, 0.05) is 7.05 Å². The monoisotopic (exact) mass is 349 g/mol. The van der Waals surface area contributed by atoms with Gasteiger partial charge >= 0.3 is 0 Å². The van der Waals surface area contributed by atoms with Crippen LogP contribution in [0.5, 0.6) is 0 Å². The van der Waals surface area contributed by atoms with Crippen LogP contribution < -0.4 is 0 Å². The first-order valence-electron chi connectivity index (χ1n) is 7.42. The van der Waals surface area contributed by atoms with Crippen LogP contribution in [0.25, 0.3) is 0 Å². The summed E-state index contributed by atoms with van der Waals surface area (Å²) in [6.45, 7) is 0. The van der Waals surface area contributed by atoms with Gasteiger partial charge in [0.1, 0.15) is 5.60 Å². The molecular weight excluding hydrogens is 333 g/mol. The highest BCUT2D eigenvalue weighted by molar-refractivity contribution is 6.42. The first-order chi connectivity index (χ1) is 11.0. The Morgan fingerprint density at radius 2 is 1.96 bits per heavy atom. The lowest BCUT2D eigenvalue weighted by Crippen LogP contribution is -2.37. The van der Waals surface area contributed by atoms with Crippen molar-refractivity contribution in [2.45, 2.75) is 24.5 Å². The van der Waals surface area contributed by atoms with Crippen LogP contribution in [0.1, 0.15) is 35.6 Å². The average molecular weight is 350 g/mol. The van der Waals surface area contributed by atoms with Crippen LogP contribution >= 0.6 is 23.2 Å². The second-order valence-electron chi connectivity index (χ2n) is 5.90. The average Bonchev–Trinajstić information content (AvgIpc) is 2.57. The van der Waals surface area contributed by atoms with Gasteiger partial charge in [0.25, 0.3) is 0 Å². The molecule has 0 heterocycles. The van der Waals surface area contributed by atoms with E-state index in [1.165, 1.54) is 0 Å². The van der Waals surface area contributed by atoms with E-state index in [1.54, 1.807) is 30.1 Å². The minimum absolute atomic E-state index is 0.0354. The quantitative estimate of drug-likeness (QED) is 0.845. The lowest BCUT2D eigenvalue weighted by Gasteiger charge is -2.40. The molecule has 2 aromatic rings. The van der Waals surface area contributed by atoms with Gasteiger partial charge in [-0.25, -0.2) is 0 Å². The van der Waals surface area contributed by atoms with Crippen LogP contribution in [0.3, 0.4) is 0 Å². The van der Waals surface area contributed by atoms with Crippen molar-refractivity contribution in [3.05, 3.63) is 69.2 Å². The smallest absolute Gasteiger partial charge is 0.209 e. The Labute approximate surface area is 145 Å². The van der Waals surface area contributed by atoms with E-state index in [2.05, 4.69) is 0 Å². The summed E-state index contributed by atoms with van der Waals surface area (Å²) < 4.78 is 0. The first-order valence-corrected chi connectivity index (χ1v) is 8.17. The summed E-state index contributed by atoms with van der Waals surface area (Å²) in [4.78, 5) is 12.8. The highest BCUT2D eigenvalue weighted by Gasteiger charge is 2.40. The summed E-state index contributed by atoms with van der Waals surface area (Å²) >= 11 is 12.1. The van der Waals surface area contributed by atoms with Crippen molar-refractivity contribution in [1.82, 2.24) is 4.90 Å². The zero-order chi connectivity index (χ0) is 16.6. The van der Waals surface area contributed by atoms with Crippen LogP contribution in [0.4, 0.5) is 0 Å². The molecule has 1 aliphatic carbocycles. The molecule has 2 aromatic carbocycles. The highest BCUT2D eigenvalue weighted by Crippen LogP contribution is 2.46. The maximum atomic E-state index is 11.4. The van der Waals surface area contributed by atoms with E-state index in [9.17, 15) is 9.90 Å². The predicted molar refractivity (Wildman–Crippen MR) is 91.7 cm³/mol. The van der Waals surface area contributed by atoms with Gasteiger partial charge in [-0.05, 0) is 41.7 Å². The Morgan fingerprint density at radius 3 is 2.65 bits per heavy atom. The Balaban J connectivity index is 2.13. The van der Waals surface area contributed by atoms with E-state index in [1.807, 2.05) is 24.3 Å². The van der Waals surface area contributed by atoms with Crippen LogP contribution in [0.2, 0.25) is 10.0 Å². The van der Waals surface area contributed by atoms with Crippen LogP contribution in [0.15, 0.2) is 42.5 Å². The molecule has 0 spiro atoms. The molecule has 23 heavy (non-hydrogen) atoms. The van der Waals surface area contributed by atoms with Crippen molar-refractivity contribution in [2.75, 3.05) is 7.05 Å². The number of fused-ring (bicyclic) bond motifs is 1. The van der Waals surface area contributed by atoms with Gasteiger partial charge in [-0.3, -0.25) is 4.79 Å². The minimum Gasteiger partial charge on any atom is -0.380 e. The van der Waals surface area contributed by atoms with E-state index < -0.39 is 5.60 Å². The summed E-state index contributed by atoms with van der Waals surface area (Å²) in [5.41, 5.74) is 1.35. The van der Waals surface area contributed by atoms with Crippen LogP contribution in [-0.2, 0) is 10.4 Å². The van der Waals surface area contributed by atoms with Crippen LogP contribution in [0, 0.1) is 0 Å². The topological polar surface area (TPSA) is 40.5 Å². The molecule has 0 radical (unpaired) electrons. The number of carbonyl (C=O) groups excluding carboxylic acids is 1. The Hall–Kier alpha value is -1.55. The normalized spacial score (nSPS) is 23.2. The molecule has 0 bridgehead atoms. The fourth-order valence-corrected chi connectivity index (χ4v) is 3.65. The maximum Gasteiger partial charge on any atom is 0.209 e. The van der Waals surface area contributed by atoms with Crippen molar-refractivity contribution in [1.29, 1.82) is 0 Å². The van der Waals surface area contributed by atoms with Gasteiger partial charge in [-0.2, -0.15) is 0 Å². The zero-order valence-electron chi connectivity index (χ0n) is 12.7. The van der Waals surface area contributed by atoms with Crippen molar-refractivity contribution >= 4 is 29.6 Å².